The molecule has 2 aromatic carbocycles. The summed E-state index contributed by atoms with van der Waals surface area (Å²) in [4.78, 5) is 12.3. The quantitative estimate of drug-likeness (QED) is 0.720. The van der Waals surface area contributed by atoms with Crippen LogP contribution in [0.25, 0.3) is 0 Å². The largest absolute Gasteiger partial charge is 0.385 e. The summed E-state index contributed by atoms with van der Waals surface area (Å²) in [5.41, 5.74) is 4.10. The number of aryl methyl sites for hydroxylation is 1. The molecule has 1 N–H and O–H groups in total. The summed E-state index contributed by atoms with van der Waals surface area (Å²) in [5, 5.41) is 3.98. The molecule has 122 valence electrons. The van der Waals surface area contributed by atoms with Crippen molar-refractivity contribution in [2.75, 3.05) is 11.9 Å². The van der Waals surface area contributed by atoms with Gasteiger partial charge in [-0.2, -0.15) is 0 Å². The van der Waals surface area contributed by atoms with Crippen LogP contribution in [0, 0.1) is 6.92 Å². The van der Waals surface area contributed by atoms with E-state index >= 15 is 0 Å². The molecule has 0 fully saturated rings. The van der Waals surface area contributed by atoms with Gasteiger partial charge in [0.2, 0.25) is 0 Å². The zero-order chi connectivity index (χ0) is 17.0. The van der Waals surface area contributed by atoms with Crippen molar-refractivity contribution in [2.24, 2.45) is 0 Å². The molecule has 0 aliphatic heterocycles. The number of carbonyl (C=O) groups excluding carboxylic acids is 1. The number of Topliss-reactive ketones (excluding diaryl/α,β-unsaturated/α-hetero) is 1. The Balaban J connectivity index is 1.90. The molecule has 2 rings (SSSR count). The first-order valence-corrected chi connectivity index (χ1v) is 8.29. The molecule has 0 saturated heterocycles. The third-order valence-corrected chi connectivity index (χ3v) is 4.33. The average molecular weight is 330 g/mol. The van der Waals surface area contributed by atoms with E-state index in [1.54, 1.807) is 0 Å². The van der Waals surface area contributed by atoms with Crippen molar-refractivity contribution in [3.63, 3.8) is 0 Å². The van der Waals surface area contributed by atoms with E-state index in [1.165, 1.54) is 5.56 Å². The van der Waals surface area contributed by atoms with Gasteiger partial charge < -0.3 is 5.32 Å². The Bertz CT molecular complexity index is 684. The van der Waals surface area contributed by atoms with Crippen molar-refractivity contribution < 1.29 is 4.79 Å². The molecule has 2 aromatic rings. The Morgan fingerprint density at radius 2 is 1.74 bits per heavy atom. The summed E-state index contributed by atoms with van der Waals surface area (Å²) >= 11 is 6.10. The molecule has 0 aromatic heterocycles. The molecule has 0 bridgehead atoms. The standard InChI is InChI=1S/C20H24ClNO/c1-14-5-10-17(13-18(14)21)22-12-11-19(23)15-6-8-16(9-7-15)20(2,3)4/h5-10,13,22H,11-12H2,1-4H3. The maximum absolute atomic E-state index is 12.3. The van der Waals surface area contributed by atoms with Crippen LogP contribution in [-0.2, 0) is 5.41 Å². The van der Waals surface area contributed by atoms with Crippen molar-refractivity contribution in [1.29, 1.82) is 0 Å². The summed E-state index contributed by atoms with van der Waals surface area (Å²) in [6, 6.07) is 13.8. The monoisotopic (exact) mass is 329 g/mol. The van der Waals surface area contributed by atoms with E-state index in [0.29, 0.717) is 13.0 Å². The maximum Gasteiger partial charge on any atom is 0.164 e. The Morgan fingerprint density at radius 3 is 2.30 bits per heavy atom. The Hall–Kier alpha value is -1.80. The predicted molar refractivity (Wildman–Crippen MR) is 98.8 cm³/mol. The van der Waals surface area contributed by atoms with E-state index in [4.69, 9.17) is 11.6 Å². The second kappa shape index (κ2) is 7.18. The minimum Gasteiger partial charge on any atom is -0.385 e. The van der Waals surface area contributed by atoms with Crippen LogP contribution in [0.5, 0.6) is 0 Å². The number of hydrogen-bond acceptors (Lipinski definition) is 2. The zero-order valence-corrected chi connectivity index (χ0v) is 15.0. The first kappa shape index (κ1) is 17.6. The normalized spacial score (nSPS) is 11.3. The highest BCUT2D eigenvalue weighted by Gasteiger charge is 2.14. The van der Waals surface area contributed by atoms with Crippen LogP contribution in [0.1, 0.15) is 48.7 Å². The van der Waals surface area contributed by atoms with Gasteiger partial charge in [-0.3, -0.25) is 4.79 Å². The maximum atomic E-state index is 12.3. The molecule has 23 heavy (non-hydrogen) atoms. The van der Waals surface area contributed by atoms with Crippen LogP contribution in [0.2, 0.25) is 5.02 Å². The molecule has 0 amide bonds. The fraction of sp³-hybridized carbons (Fsp3) is 0.350. The van der Waals surface area contributed by atoms with E-state index in [9.17, 15) is 4.79 Å². The topological polar surface area (TPSA) is 29.1 Å². The predicted octanol–water partition coefficient (Wildman–Crippen LogP) is 5.63. The number of rotatable bonds is 5. The summed E-state index contributed by atoms with van der Waals surface area (Å²) in [5.74, 6) is 0.149. The van der Waals surface area contributed by atoms with Gasteiger partial charge in [-0.15, -0.1) is 0 Å². The number of carbonyl (C=O) groups is 1. The SMILES string of the molecule is Cc1ccc(NCCC(=O)c2ccc(C(C)(C)C)cc2)cc1Cl. The third-order valence-electron chi connectivity index (χ3n) is 3.93. The molecule has 0 radical (unpaired) electrons. The highest BCUT2D eigenvalue weighted by Crippen LogP contribution is 2.23. The summed E-state index contributed by atoms with van der Waals surface area (Å²) in [7, 11) is 0. The van der Waals surface area contributed by atoms with Crippen LogP contribution >= 0.6 is 11.6 Å². The molecular weight excluding hydrogens is 306 g/mol. The number of benzene rings is 2. The van der Waals surface area contributed by atoms with E-state index in [1.807, 2.05) is 49.4 Å². The van der Waals surface area contributed by atoms with Crippen LogP contribution < -0.4 is 5.32 Å². The number of hydrogen-bond donors (Lipinski definition) is 1. The number of halogens is 1. The number of ketones is 1. The second-order valence-electron chi connectivity index (χ2n) is 6.89. The molecule has 2 nitrogen and oxygen atoms in total. The van der Waals surface area contributed by atoms with Gasteiger partial charge in [-0.05, 0) is 35.6 Å². The van der Waals surface area contributed by atoms with E-state index < -0.39 is 0 Å². The number of nitrogens with one attached hydrogen (secondary N) is 1. The van der Waals surface area contributed by atoms with Gasteiger partial charge >= 0.3 is 0 Å². The Labute approximate surface area is 143 Å². The molecule has 0 heterocycles. The van der Waals surface area contributed by atoms with Crippen LogP contribution in [0.3, 0.4) is 0 Å². The van der Waals surface area contributed by atoms with Crippen LogP contribution in [0.4, 0.5) is 5.69 Å². The molecule has 0 unspecified atom stereocenters. The molecule has 0 atom stereocenters. The lowest BCUT2D eigenvalue weighted by Crippen LogP contribution is -2.12. The fourth-order valence-corrected chi connectivity index (χ4v) is 2.50. The zero-order valence-electron chi connectivity index (χ0n) is 14.2. The van der Waals surface area contributed by atoms with Crippen molar-refractivity contribution in [3.8, 4) is 0 Å². The van der Waals surface area contributed by atoms with Gasteiger partial charge in [-0.1, -0.05) is 62.7 Å². The van der Waals surface area contributed by atoms with E-state index in [-0.39, 0.29) is 11.2 Å². The van der Waals surface area contributed by atoms with E-state index in [0.717, 1.165) is 21.8 Å². The van der Waals surface area contributed by atoms with Gasteiger partial charge in [0.25, 0.3) is 0 Å². The van der Waals surface area contributed by atoms with Crippen LogP contribution in [-0.4, -0.2) is 12.3 Å². The number of anilines is 1. The van der Waals surface area contributed by atoms with Gasteiger partial charge in [0.15, 0.2) is 5.78 Å². The molecule has 0 aliphatic carbocycles. The Kier molecular flexibility index (Phi) is 5.48. The molecular formula is C20H24ClNO. The molecule has 0 saturated carbocycles. The molecule has 0 aliphatic rings. The average Bonchev–Trinajstić information content (AvgIpc) is 2.50. The van der Waals surface area contributed by atoms with Gasteiger partial charge in [0.05, 0.1) is 0 Å². The summed E-state index contributed by atoms with van der Waals surface area (Å²) in [6.45, 7) is 9.07. The minimum atomic E-state index is 0.105. The van der Waals surface area contributed by atoms with Crippen molar-refractivity contribution >= 4 is 23.1 Å². The third kappa shape index (κ3) is 4.84. The van der Waals surface area contributed by atoms with Crippen molar-refractivity contribution in [3.05, 3.63) is 64.2 Å². The van der Waals surface area contributed by atoms with Gasteiger partial charge in [-0.25, -0.2) is 0 Å². The lowest BCUT2D eigenvalue weighted by Gasteiger charge is -2.19. The fourth-order valence-electron chi connectivity index (χ4n) is 2.32. The highest BCUT2D eigenvalue weighted by atomic mass is 35.5. The Morgan fingerprint density at radius 1 is 1.09 bits per heavy atom. The van der Waals surface area contributed by atoms with Gasteiger partial charge in [0.1, 0.15) is 0 Å². The van der Waals surface area contributed by atoms with Crippen molar-refractivity contribution in [2.45, 2.75) is 39.5 Å². The summed E-state index contributed by atoms with van der Waals surface area (Å²) < 4.78 is 0. The smallest absolute Gasteiger partial charge is 0.164 e. The van der Waals surface area contributed by atoms with Gasteiger partial charge in [0, 0.05) is 29.2 Å². The lowest BCUT2D eigenvalue weighted by atomic mass is 9.86. The second-order valence-corrected chi connectivity index (χ2v) is 7.30. The van der Waals surface area contributed by atoms with Crippen molar-refractivity contribution in [1.82, 2.24) is 0 Å². The summed E-state index contributed by atoms with van der Waals surface area (Å²) in [6.07, 6.45) is 0.459. The molecule has 3 heteroatoms. The molecule has 0 spiro atoms. The van der Waals surface area contributed by atoms with Crippen LogP contribution in [0.15, 0.2) is 42.5 Å². The van der Waals surface area contributed by atoms with E-state index in [2.05, 4.69) is 26.1 Å². The highest BCUT2D eigenvalue weighted by molar-refractivity contribution is 6.31. The first-order chi connectivity index (χ1) is 10.8. The lowest BCUT2D eigenvalue weighted by molar-refractivity contribution is 0.0986. The minimum absolute atomic E-state index is 0.105. The first-order valence-electron chi connectivity index (χ1n) is 7.91.